The van der Waals surface area contributed by atoms with Crippen LogP contribution in [-0.2, 0) is 11.8 Å². The first-order chi connectivity index (χ1) is 18.3. The molecular formula is C31H35FN2O4. The third-order valence-electron chi connectivity index (χ3n) is 7.01. The van der Waals surface area contributed by atoms with Gasteiger partial charge in [0.25, 0.3) is 0 Å². The van der Waals surface area contributed by atoms with Gasteiger partial charge in [-0.15, -0.1) is 0 Å². The van der Waals surface area contributed by atoms with Crippen molar-refractivity contribution < 1.29 is 23.0 Å². The van der Waals surface area contributed by atoms with Gasteiger partial charge in [0.2, 0.25) is 0 Å². The van der Waals surface area contributed by atoms with Crippen molar-refractivity contribution in [3.8, 4) is 17.2 Å². The van der Waals surface area contributed by atoms with Gasteiger partial charge in [-0.1, -0.05) is 13.5 Å². The number of rotatable bonds is 12. The van der Waals surface area contributed by atoms with Crippen molar-refractivity contribution in [3.05, 3.63) is 83.7 Å². The Morgan fingerprint density at radius 2 is 2.03 bits per heavy atom. The summed E-state index contributed by atoms with van der Waals surface area (Å²) in [5.74, 6) is 3.17. The number of alkyl halides is 1. The lowest BCUT2D eigenvalue weighted by Gasteiger charge is -2.21. The molecule has 1 aliphatic rings. The SMILES string of the molecule is C=C(Cc1coc(C(C)(CC)CF)c1)C(=N)C1=CC(Oc2ccnc3cc(OCC)c(OC)cc23)=CCC1. The molecule has 1 aliphatic carbocycles. The van der Waals surface area contributed by atoms with Gasteiger partial charge in [-0.2, -0.15) is 0 Å². The van der Waals surface area contributed by atoms with Crippen LogP contribution in [0.5, 0.6) is 17.2 Å². The molecule has 0 saturated carbocycles. The Morgan fingerprint density at radius 1 is 1.21 bits per heavy atom. The molecule has 0 saturated heterocycles. The molecule has 2 aromatic heterocycles. The number of hydrogen-bond donors (Lipinski definition) is 1. The molecule has 0 aliphatic heterocycles. The van der Waals surface area contributed by atoms with E-state index in [4.69, 9.17) is 24.0 Å². The van der Waals surface area contributed by atoms with Gasteiger partial charge >= 0.3 is 0 Å². The van der Waals surface area contributed by atoms with Crippen LogP contribution in [0.15, 0.2) is 76.8 Å². The van der Waals surface area contributed by atoms with Crippen LogP contribution < -0.4 is 14.2 Å². The second kappa shape index (κ2) is 11.7. The molecule has 3 aromatic rings. The van der Waals surface area contributed by atoms with E-state index in [2.05, 4.69) is 11.6 Å². The van der Waals surface area contributed by atoms with Crippen LogP contribution >= 0.6 is 0 Å². The summed E-state index contributed by atoms with van der Waals surface area (Å²) in [7, 11) is 1.60. The number of ether oxygens (including phenoxy) is 3. The normalized spacial score (nSPS) is 14.9. The van der Waals surface area contributed by atoms with Crippen LogP contribution in [0.4, 0.5) is 4.39 Å². The van der Waals surface area contributed by atoms with Crippen LogP contribution in [0.25, 0.3) is 10.9 Å². The van der Waals surface area contributed by atoms with E-state index in [1.807, 2.05) is 57.2 Å². The van der Waals surface area contributed by atoms with Crippen LogP contribution in [0.2, 0.25) is 0 Å². The smallest absolute Gasteiger partial charge is 0.163 e. The van der Waals surface area contributed by atoms with Gasteiger partial charge in [0.15, 0.2) is 11.5 Å². The molecule has 1 atom stereocenters. The summed E-state index contributed by atoms with van der Waals surface area (Å²) in [5.41, 5.74) is 2.89. The molecule has 2 heterocycles. The van der Waals surface area contributed by atoms with Crippen LogP contribution in [0, 0.1) is 5.41 Å². The van der Waals surface area contributed by atoms with Gasteiger partial charge in [-0.05, 0) is 80.2 Å². The number of methoxy groups -OCH3 is 1. The minimum atomic E-state index is -0.637. The number of nitrogens with one attached hydrogen (secondary N) is 1. The Kier molecular flexibility index (Phi) is 8.35. The van der Waals surface area contributed by atoms with Gasteiger partial charge in [0, 0.05) is 24.1 Å². The maximum Gasteiger partial charge on any atom is 0.163 e. The Labute approximate surface area is 223 Å². The average molecular weight is 519 g/mol. The maximum absolute atomic E-state index is 13.6. The molecule has 1 aromatic carbocycles. The zero-order valence-electron chi connectivity index (χ0n) is 22.5. The number of allylic oxidation sites excluding steroid dienone is 4. The largest absolute Gasteiger partial charge is 0.493 e. The van der Waals surface area contributed by atoms with Crippen molar-refractivity contribution in [1.29, 1.82) is 5.41 Å². The molecule has 0 radical (unpaired) electrons. The highest BCUT2D eigenvalue weighted by Gasteiger charge is 2.28. The van der Waals surface area contributed by atoms with Crippen LogP contribution in [0.3, 0.4) is 0 Å². The van der Waals surface area contributed by atoms with Gasteiger partial charge in [-0.25, -0.2) is 0 Å². The van der Waals surface area contributed by atoms with E-state index >= 15 is 0 Å². The fourth-order valence-electron chi connectivity index (χ4n) is 4.39. The molecule has 0 amide bonds. The summed E-state index contributed by atoms with van der Waals surface area (Å²) in [4.78, 5) is 4.46. The van der Waals surface area contributed by atoms with Gasteiger partial charge < -0.3 is 24.0 Å². The summed E-state index contributed by atoms with van der Waals surface area (Å²) in [6.07, 6.45) is 9.82. The Morgan fingerprint density at radius 3 is 2.74 bits per heavy atom. The molecule has 200 valence electrons. The summed E-state index contributed by atoms with van der Waals surface area (Å²) < 4.78 is 36.7. The fraction of sp³-hybridized carbons (Fsp3) is 0.355. The standard InChI is InChI=1S/C31H35FN2O4/c1-6-31(4,19-32)29-14-21(18-37-29)13-20(3)30(33)22-9-8-10-23(15-22)38-26-11-12-34-25-17-28(36-7-2)27(35-5)16-24(25)26/h10-12,14-18,33H,3,6-9,13,19H2,1-2,4-5H3. The predicted molar refractivity (Wildman–Crippen MR) is 148 cm³/mol. The quantitative estimate of drug-likeness (QED) is 0.249. The predicted octanol–water partition coefficient (Wildman–Crippen LogP) is 7.67. The zero-order chi connectivity index (χ0) is 27.3. The van der Waals surface area contributed by atoms with Crippen molar-refractivity contribution in [2.24, 2.45) is 0 Å². The number of halogens is 1. The van der Waals surface area contributed by atoms with E-state index in [1.165, 1.54) is 0 Å². The molecule has 1 N–H and O–H groups in total. The van der Waals surface area contributed by atoms with Gasteiger partial charge in [-0.3, -0.25) is 9.37 Å². The third kappa shape index (κ3) is 5.67. The summed E-state index contributed by atoms with van der Waals surface area (Å²) in [6, 6.07) is 7.41. The number of aromatic nitrogens is 1. The molecule has 1 unspecified atom stereocenters. The van der Waals surface area contributed by atoms with E-state index < -0.39 is 12.1 Å². The molecule has 38 heavy (non-hydrogen) atoms. The summed E-state index contributed by atoms with van der Waals surface area (Å²) >= 11 is 0. The van der Waals surface area contributed by atoms with E-state index in [0.29, 0.717) is 59.5 Å². The Balaban J connectivity index is 1.50. The van der Waals surface area contributed by atoms with E-state index in [1.54, 1.807) is 19.6 Å². The highest BCUT2D eigenvalue weighted by molar-refractivity contribution is 6.10. The number of furan rings is 1. The second-order valence-corrected chi connectivity index (χ2v) is 9.70. The van der Waals surface area contributed by atoms with E-state index in [-0.39, 0.29) is 0 Å². The molecule has 0 spiro atoms. The average Bonchev–Trinajstić information content (AvgIpc) is 3.41. The molecule has 4 rings (SSSR count). The van der Waals surface area contributed by atoms with Crippen molar-refractivity contribution in [2.45, 2.75) is 51.9 Å². The molecule has 6 nitrogen and oxygen atoms in total. The van der Waals surface area contributed by atoms with Gasteiger partial charge in [0.1, 0.15) is 23.9 Å². The highest BCUT2D eigenvalue weighted by atomic mass is 19.1. The topological polar surface area (TPSA) is 77.6 Å². The fourth-order valence-corrected chi connectivity index (χ4v) is 4.39. The van der Waals surface area contributed by atoms with E-state index in [0.717, 1.165) is 34.9 Å². The number of fused-ring (bicyclic) bond motifs is 1. The lowest BCUT2D eigenvalue weighted by molar-refractivity contribution is 0.270. The van der Waals surface area contributed by atoms with Crippen molar-refractivity contribution in [2.75, 3.05) is 20.4 Å². The first-order valence-corrected chi connectivity index (χ1v) is 12.9. The molecule has 0 fully saturated rings. The maximum atomic E-state index is 13.6. The van der Waals surface area contributed by atoms with Crippen molar-refractivity contribution in [3.63, 3.8) is 0 Å². The lowest BCUT2D eigenvalue weighted by atomic mass is 9.86. The van der Waals surface area contributed by atoms with Gasteiger partial charge in [0.05, 0.1) is 36.6 Å². The second-order valence-electron chi connectivity index (χ2n) is 9.70. The number of benzene rings is 1. The minimum absolute atomic E-state index is 0.383. The molecule has 0 bridgehead atoms. The Hall–Kier alpha value is -3.87. The molecular weight excluding hydrogens is 483 g/mol. The lowest BCUT2D eigenvalue weighted by Crippen LogP contribution is -2.22. The van der Waals surface area contributed by atoms with E-state index in [9.17, 15) is 4.39 Å². The first-order valence-electron chi connectivity index (χ1n) is 12.9. The minimum Gasteiger partial charge on any atom is -0.493 e. The zero-order valence-corrected chi connectivity index (χ0v) is 22.5. The Bertz CT molecular complexity index is 1400. The van der Waals surface area contributed by atoms with Crippen molar-refractivity contribution >= 4 is 16.6 Å². The molecule has 7 heteroatoms. The van der Waals surface area contributed by atoms with Crippen molar-refractivity contribution in [1.82, 2.24) is 4.98 Å². The number of hydrogen-bond acceptors (Lipinski definition) is 6. The summed E-state index contributed by atoms with van der Waals surface area (Å²) in [5, 5.41) is 9.58. The monoisotopic (exact) mass is 518 g/mol. The summed E-state index contributed by atoms with van der Waals surface area (Å²) in [6.45, 7) is 9.91. The highest BCUT2D eigenvalue weighted by Crippen LogP contribution is 2.37. The first kappa shape index (κ1) is 27.2. The van der Waals surface area contributed by atoms with Crippen LogP contribution in [0.1, 0.15) is 51.4 Å². The number of pyridine rings is 1. The number of nitrogens with zero attached hydrogens (tertiary/aromatic N) is 1. The third-order valence-corrected chi connectivity index (χ3v) is 7.01. The van der Waals surface area contributed by atoms with Crippen LogP contribution in [-0.4, -0.2) is 31.1 Å².